The Hall–Kier alpha value is -4.17. The van der Waals surface area contributed by atoms with Gasteiger partial charge in [0.1, 0.15) is 0 Å². The molecule has 0 aliphatic carbocycles. The van der Waals surface area contributed by atoms with E-state index in [0.29, 0.717) is 23.1 Å². The van der Waals surface area contributed by atoms with E-state index in [2.05, 4.69) is 68.7 Å². The van der Waals surface area contributed by atoms with Crippen molar-refractivity contribution in [3.05, 3.63) is 88.0 Å². The van der Waals surface area contributed by atoms with Gasteiger partial charge in [-0.2, -0.15) is 5.10 Å². The van der Waals surface area contributed by atoms with Crippen molar-refractivity contribution in [2.75, 3.05) is 18.6 Å². The minimum atomic E-state index is -0.453. The zero-order chi connectivity index (χ0) is 27.1. The molecule has 1 aliphatic heterocycles. The van der Waals surface area contributed by atoms with Gasteiger partial charge in [-0.3, -0.25) is 0 Å². The van der Waals surface area contributed by atoms with Crippen LogP contribution in [0.5, 0.6) is 0 Å². The monoisotopic (exact) mass is 540 g/mol. The van der Waals surface area contributed by atoms with Crippen LogP contribution in [0, 0.1) is 0 Å². The van der Waals surface area contributed by atoms with Crippen molar-refractivity contribution < 1.29 is 9.53 Å². The van der Waals surface area contributed by atoms with Crippen molar-refractivity contribution in [1.82, 2.24) is 24.7 Å². The van der Waals surface area contributed by atoms with Crippen LogP contribution in [0.15, 0.2) is 55.0 Å². The molecular weight excluding hydrogens is 512 g/mol. The van der Waals surface area contributed by atoms with E-state index in [9.17, 15) is 4.79 Å². The van der Waals surface area contributed by atoms with Gasteiger partial charge < -0.3 is 14.6 Å². The molecular formula is C30H29ClN6O2. The second-order valence-electron chi connectivity index (χ2n) is 9.61. The van der Waals surface area contributed by atoms with E-state index in [1.807, 2.05) is 12.3 Å². The zero-order valence-corrected chi connectivity index (χ0v) is 22.9. The molecule has 0 saturated carbocycles. The third-order valence-electron chi connectivity index (χ3n) is 7.48. The van der Waals surface area contributed by atoms with Crippen molar-refractivity contribution in [3.63, 3.8) is 0 Å². The molecule has 0 fully saturated rings. The van der Waals surface area contributed by atoms with Gasteiger partial charge in [0, 0.05) is 54.6 Å². The van der Waals surface area contributed by atoms with Crippen LogP contribution in [-0.2, 0) is 30.5 Å². The molecule has 0 unspecified atom stereocenters. The Labute approximate surface area is 231 Å². The predicted molar refractivity (Wildman–Crippen MR) is 153 cm³/mol. The third-order valence-corrected chi connectivity index (χ3v) is 7.80. The highest BCUT2D eigenvalue weighted by Gasteiger charge is 2.29. The number of H-pyrrole nitrogens is 1. The van der Waals surface area contributed by atoms with Crippen LogP contribution in [0.2, 0.25) is 5.02 Å². The molecule has 0 bridgehead atoms. The van der Waals surface area contributed by atoms with Crippen molar-refractivity contribution >= 4 is 34.4 Å². The van der Waals surface area contributed by atoms with Gasteiger partial charge in [-0.15, -0.1) is 0 Å². The number of esters is 1. The molecule has 2 aromatic carbocycles. The summed E-state index contributed by atoms with van der Waals surface area (Å²) in [5.74, 6) is 0.115. The van der Waals surface area contributed by atoms with Crippen LogP contribution < -0.4 is 4.90 Å². The standard InChI is InChI=1S/C30H29ClN6O2/c1-4-18-7-6-8-19(5-2)27(18)37-28(22-9-10-24(31)26-21(22)11-13-32-26)23-17-36(14-12-25(23)35-37)30-33-15-20(16-34-30)29(38)39-3/h6-11,13,15-16,32H,4-5,12,14,17H2,1-3H3. The molecule has 0 spiro atoms. The summed E-state index contributed by atoms with van der Waals surface area (Å²) in [4.78, 5) is 26.3. The number of anilines is 1. The average molecular weight is 541 g/mol. The summed E-state index contributed by atoms with van der Waals surface area (Å²) in [6, 6.07) is 12.6. The molecule has 1 aliphatic rings. The van der Waals surface area contributed by atoms with Crippen LogP contribution in [-0.4, -0.2) is 44.4 Å². The second kappa shape index (κ2) is 10.2. The van der Waals surface area contributed by atoms with Crippen molar-refractivity contribution in [2.24, 2.45) is 0 Å². The number of para-hydroxylation sites is 1. The highest BCUT2D eigenvalue weighted by Crippen LogP contribution is 2.40. The first-order valence-electron chi connectivity index (χ1n) is 13.2. The molecule has 6 rings (SSSR count). The maximum Gasteiger partial charge on any atom is 0.341 e. The van der Waals surface area contributed by atoms with Crippen LogP contribution >= 0.6 is 11.6 Å². The number of aromatic amines is 1. The zero-order valence-electron chi connectivity index (χ0n) is 22.2. The van der Waals surface area contributed by atoms with Crippen LogP contribution in [0.3, 0.4) is 0 Å². The van der Waals surface area contributed by atoms with Crippen molar-refractivity contribution in [3.8, 4) is 16.9 Å². The fourth-order valence-electron chi connectivity index (χ4n) is 5.51. The Balaban J connectivity index is 1.54. The summed E-state index contributed by atoms with van der Waals surface area (Å²) in [6.45, 7) is 5.68. The van der Waals surface area contributed by atoms with Crippen LogP contribution in [0.25, 0.3) is 27.8 Å². The first-order valence-corrected chi connectivity index (χ1v) is 13.5. The van der Waals surface area contributed by atoms with Crippen LogP contribution in [0.1, 0.15) is 46.6 Å². The number of halogens is 1. The molecule has 0 radical (unpaired) electrons. The fraction of sp³-hybridized carbons (Fsp3) is 0.267. The Morgan fingerprint density at radius 3 is 2.51 bits per heavy atom. The smallest absolute Gasteiger partial charge is 0.341 e. The number of nitrogens with zero attached hydrogens (tertiary/aromatic N) is 5. The molecule has 0 atom stereocenters. The molecule has 3 aromatic heterocycles. The molecule has 5 aromatic rings. The SMILES string of the molecule is CCc1cccc(CC)c1-n1nc2c(c1-c1ccc(Cl)c3[nH]ccc13)CN(c1ncc(C(=O)OC)cn1)CC2. The molecule has 8 nitrogen and oxygen atoms in total. The normalized spacial score (nSPS) is 13.1. The maximum atomic E-state index is 11.9. The van der Waals surface area contributed by atoms with E-state index in [1.54, 1.807) is 0 Å². The number of methoxy groups -OCH3 is 1. The Morgan fingerprint density at radius 2 is 1.82 bits per heavy atom. The van der Waals surface area contributed by atoms with Gasteiger partial charge in [0.05, 0.1) is 40.3 Å². The lowest BCUT2D eigenvalue weighted by atomic mass is 9.97. The Morgan fingerprint density at radius 1 is 1.08 bits per heavy atom. The van der Waals surface area contributed by atoms with Crippen molar-refractivity contribution in [1.29, 1.82) is 0 Å². The van der Waals surface area contributed by atoms with E-state index in [1.165, 1.54) is 30.6 Å². The number of hydrogen-bond donors (Lipinski definition) is 1. The quantitative estimate of drug-likeness (QED) is 0.268. The van der Waals surface area contributed by atoms with Gasteiger partial charge in [-0.05, 0) is 36.1 Å². The summed E-state index contributed by atoms with van der Waals surface area (Å²) < 4.78 is 6.95. The average Bonchev–Trinajstić information content (AvgIpc) is 3.62. The summed E-state index contributed by atoms with van der Waals surface area (Å²) >= 11 is 6.56. The van der Waals surface area contributed by atoms with E-state index >= 15 is 0 Å². The van der Waals surface area contributed by atoms with Gasteiger partial charge in [0.2, 0.25) is 5.95 Å². The number of carbonyl (C=O) groups is 1. The lowest BCUT2D eigenvalue weighted by Gasteiger charge is -2.27. The topological polar surface area (TPSA) is 88.9 Å². The second-order valence-corrected chi connectivity index (χ2v) is 10.0. The van der Waals surface area contributed by atoms with Gasteiger partial charge in [-0.25, -0.2) is 19.4 Å². The summed E-state index contributed by atoms with van der Waals surface area (Å²) in [7, 11) is 1.35. The third kappa shape index (κ3) is 4.25. The fourth-order valence-corrected chi connectivity index (χ4v) is 5.72. The maximum absolute atomic E-state index is 11.9. The number of rotatable bonds is 6. The van der Waals surface area contributed by atoms with E-state index in [4.69, 9.17) is 21.4 Å². The predicted octanol–water partition coefficient (Wildman–Crippen LogP) is 5.94. The van der Waals surface area contributed by atoms with E-state index in [0.717, 1.165) is 64.9 Å². The first kappa shape index (κ1) is 25.1. The van der Waals surface area contributed by atoms with Gasteiger partial charge in [0.25, 0.3) is 0 Å². The van der Waals surface area contributed by atoms with Gasteiger partial charge in [-0.1, -0.05) is 49.7 Å². The number of carbonyl (C=O) groups excluding carboxylic acids is 1. The molecule has 1 N–H and O–H groups in total. The molecule has 198 valence electrons. The largest absolute Gasteiger partial charge is 0.465 e. The first-order chi connectivity index (χ1) is 19.0. The Kier molecular flexibility index (Phi) is 6.56. The van der Waals surface area contributed by atoms with Gasteiger partial charge in [0.15, 0.2) is 0 Å². The van der Waals surface area contributed by atoms with Crippen molar-refractivity contribution in [2.45, 2.75) is 39.7 Å². The minimum absolute atomic E-state index is 0.326. The number of nitrogens with one attached hydrogen (secondary N) is 1. The molecule has 0 saturated heterocycles. The summed E-state index contributed by atoms with van der Waals surface area (Å²) in [5, 5.41) is 6.98. The highest BCUT2D eigenvalue weighted by molar-refractivity contribution is 6.35. The lowest BCUT2D eigenvalue weighted by molar-refractivity contribution is 0.0599. The number of aryl methyl sites for hydroxylation is 2. The summed E-state index contributed by atoms with van der Waals surface area (Å²) in [5.41, 5.74) is 9.23. The Bertz CT molecular complexity index is 1670. The van der Waals surface area contributed by atoms with Gasteiger partial charge >= 0.3 is 5.97 Å². The minimum Gasteiger partial charge on any atom is -0.465 e. The number of hydrogen-bond acceptors (Lipinski definition) is 6. The van der Waals surface area contributed by atoms with E-state index < -0.39 is 5.97 Å². The number of benzene rings is 2. The van der Waals surface area contributed by atoms with E-state index in [-0.39, 0.29) is 0 Å². The molecule has 4 heterocycles. The molecule has 0 amide bonds. The molecule has 39 heavy (non-hydrogen) atoms. The number of aromatic nitrogens is 5. The lowest BCUT2D eigenvalue weighted by Crippen LogP contribution is -2.31. The number of fused-ring (bicyclic) bond motifs is 2. The van der Waals surface area contributed by atoms with Crippen LogP contribution in [0.4, 0.5) is 5.95 Å². The summed E-state index contributed by atoms with van der Waals surface area (Å²) in [6.07, 6.45) is 7.51. The highest BCUT2D eigenvalue weighted by atomic mass is 35.5. The number of ether oxygens (including phenoxy) is 1. The molecule has 9 heteroatoms.